The fourth-order valence-corrected chi connectivity index (χ4v) is 14.1. The topological polar surface area (TPSA) is 237 Å². The number of carbonyl (C=O) groups excluding carboxylic acids is 4. The van der Waals surface area contributed by atoms with Gasteiger partial charge in [-0.25, -0.2) is 9.13 Å². The third-order valence-electron chi connectivity index (χ3n) is 19.7. The number of phosphoric ester groups is 2. The second-order valence-corrected chi connectivity index (χ2v) is 32.6. The third-order valence-corrected chi connectivity index (χ3v) is 21.6. The maximum absolute atomic E-state index is 13.1. The first-order valence-corrected chi connectivity index (χ1v) is 45.1. The Kier molecular flexibility index (Phi) is 71.2. The summed E-state index contributed by atoms with van der Waals surface area (Å²) in [5.41, 5.74) is 0. The second kappa shape index (κ2) is 72.6. The molecule has 0 fully saturated rings. The Balaban J connectivity index is 5.19. The molecule has 7 atom stereocenters. The standard InChI is InChI=1S/C81H158O17P2/c1-7-11-13-15-17-19-21-22-23-24-28-31-34-37-41-45-52-58-64-79(84)91-69-76(97-80(85)65-59-53-46-42-38-35-32-29-26-25-27-30-33-36-39-43-49-55-61-73(5)9-3)71-95-99(87,88)93-67-75(82)68-94-100(89,90)96-72-77(98-81(86)66-60-54-48-47-50-56-62-74(6)10-4)70-92-78(83)63-57-51-44-40-20-18-16-14-12-8-2/h73-77,82H,7-72H2,1-6H3,(H,87,88)(H,89,90)/t73?,74?,75-,76-,77-/m1/s1. The first kappa shape index (κ1) is 98.1. The predicted octanol–water partition coefficient (Wildman–Crippen LogP) is 24.3. The van der Waals surface area contributed by atoms with Crippen LogP contribution in [0.5, 0.6) is 0 Å². The van der Waals surface area contributed by atoms with Crippen LogP contribution in [0.1, 0.15) is 427 Å². The van der Waals surface area contributed by atoms with Crippen molar-refractivity contribution >= 4 is 39.5 Å². The highest BCUT2D eigenvalue weighted by Crippen LogP contribution is 2.45. The molecule has 3 N–H and O–H groups in total. The van der Waals surface area contributed by atoms with Crippen molar-refractivity contribution in [2.45, 2.75) is 445 Å². The molecule has 0 amide bonds. The highest BCUT2D eigenvalue weighted by molar-refractivity contribution is 7.47. The SMILES string of the molecule is CCCCCCCCCCCCCCCCCCCCC(=O)OC[C@H](COP(=O)(O)OC[C@@H](O)COP(=O)(O)OC[C@@H](COC(=O)CCCCCCCCCCCC)OC(=O)CCCCCCCCC(C)CC)OC(=O)CCCCCCCCCCCCCCCCCCCCC(C)CC. The average Bonchev–Trinajstić information content (AvgIpc) is 0.947. The minimum Gasteiger partial charge on any atom is -0.462 e. The maximum Gasteiger partial charge on any atom is 0.472 e. The largest absolute Gasteiger partial charge is 0.472 e. The molecule has 4 unspecified atom stereocenters. The van der Waals surface area contributed by atoms with Gasteiger partial charge in [-0.1, -0.05) is 375 Å². The summed E-state index contributed by atoms with van der Waals surface area (Å²) in [7, 11) is -9.92. The number of carbonyl (C=O) groups is 4. The van der Waals surface area contributed by atoms with Gasteiger partial charge in [0.2, 0.25) is 0 Å². The Morgan fingerprint density at radius 1 is 0.280 bits per heavy atom. The fraction of sp³-hybridized carbons (Fsp3) is 0.951. The summed E-state index contributed by atoms with van der Waals surface area (Å²) in [5.74, 6) is -0.521. The average molecular weight is 1470 g/mol. The van der Waals surface area contributed by atoms with Crippen molar-refractivity contribution in [2.75, 3.05) is 39.6 Å². The van der Waals surface area contributed by atoms with E-state index in [9.17, 15) is 43.2 Å². The number of hydrogen-bond acceptors (Lipinski definition) is 15. The summed E-state index contributed by atoms with van der Waals surface area (Å²) in [5, 5.41) is 10.6. The van der Waals surface area contributed by atoms with Gasteiger partial charge in [-0.2, -0.15) is 0 Å². The van der Waals surface area contributed by atoms with Crippen molar-refractivity contribution in [1.29, 1.82) is 0 Å². The Bertz CT molecular complexity index is 1930. The smallest absolute Gasteiger partial charge is 0.462 e. The van der Waals surface area contributed by atoms with E-state index in [1.54, 1.807) is 0 Å². The minimum atomic E-state index is -4.96. The van der Waals surface area contributed by atoms with Gasteiger partial charge < -0.3 is 33.8 Å². The number of ether oxygens (including phenoxy) is 4. The summed E-state index contributed by atoms with van der Waals surface area (Å²) in [6, 6.07) is 0. The van der Waals surface area contributed by atoms with Crippen LogP contribution in [-0.2, 0) is 65.4 Å². The van der Waals surface area contributed by atoms with Gasteiger partial charge in [-0.3, -0.25) is 37.3 Å². The molecule has 0 radical (unpaired) electrons. The molecule has 0 aliphatic carbocycles. The van der Waals surface area contributed by atoms with E-state index in [0.717, 1.165) is 102 Å². The van der Waals surface area contributed by atoms with Crippen LogP contribution >= 0.6 is 15.6 Å². The van der Waals surface area contributed by atoms with Crippen LogP contribution in [-0.4, -0.2) is 96.7 Å². The van der Waals surface area contributed by atoms with E-state index in [1.807, 2.05) is 0 Å². The van der Waals surface area contributed by atoms with Gasteiger partial charge in [0.1, 0.15) is 19.3 Å². The van der Waals surface area contributed by atoms with Gasteiger partial charge in [-0.05, 0) is 37.5 Å². The number of hydrogen-bond donors (Lipinski definition) is 3. The molecule has 19 heteroatoms. The zero-order chi connectivity index (χ0) is 73.5. The van der Waals surface area contributed by atoms with E-state index in [-0.39, 0.29) is 25.7 Å². The van der Waals surface area contributed by atoms with Gasteiger partial charge in [0.25, 0.3) is 0 Å². The van der Waals surface area contributed by atoms with Gasteiger partial charge in [-0.15, -0.1) is 0 Å². The molecule has 0 aliphatic rings. The van der Waals surface area contributed by atoms with E-state index in [0.29, 0.717) is 25.7 Å². The van der Waals surface area contributed by atoms with E-state index < -0.39 is 97.5 Å². The first-order valence-electron chi connectivity index (χ1n) is 42.1. The lowest BCUT2D eigenvalue weighted by Crippen LogP contribution is -2.30. The van der Waals surface area contributed by atoms with Crippen molar-refractivity contribution in [1.82, 2.24) is 0 Å². The molecule has 0 saturated heterocycles. The number of aliphatic hydroxyl groups is 1. The van der Waals surface area contributed by atoms with Crippen LogP contribution in [0.4, 0.5) is 0 Å². The molecule has 0 heterocycles. The maximum atomic E-state index is 13.1. The summed E-state index contributed by atoms with van der Waals surface area (Å²) in [6.45, 7) is 9.64. The molecule has 0 aliphatic heterocycles. The lowest BCUT2D eigenvalue weighted by molar-refractivity contribution is -0.161. The Hall–Kier alpha value is -1.94. The molecule has 0 bridgehead atoms. The van der Waals surface area contributed by atoms with E-state index in [1.165, 1.54) is 244 Å². The van der Waals surface area contributed by atoms with Crippen molar-refractivity contribution in [3.8, 4) is 0 Å². The van der Waals surface area contributed by atoms with Gasteiger partial charge in [0.15, 0.2) is 12.2 Å². The van der Waals surface area contributed by atoms with E-state index >= 15 is 0 Å². The highest BCUT2D eigenvalue weighted by atomic mass is 31.2. The first-order chi connectivity index (χ1) is 48.4. The lowest BCUT2D eigenvalue weighted by Gasteiger charge is -2.21. The molecule has 100 heavy (non-hydrogen) atoms. The molecule has 0 saturated carbocycles. The van der Waals surface area contributed by atoms with Gasteiger partial charge >= 0.3 is 39.5 Å². The van der Waals surface area contributed by atoms with E-state index in [4.69, 9.17) is 37.0 Å². The van der Waals surface area contributed by atoms with Crippen molar-refractivity contribution in [2.24, 2.45) is 11.8 Å². The zero-order valence-corrected chi connectivity index (χ0v) is 67.3. The third kappa shape index (κ3) is 71.7. The molecule has 0 aromatic rings. The highest BCUT2D eigenvalue weighted by Gasteiger charge is 2.30. The molecule has 0 rings (SSSR count). The Morgan fingerprint density at radius 3 is 0.710 bits per heavy atom. The quantitative estimate of drug-likeness (QED) is 0.0222. The minimum absolute atomic E-state index is 0.103. The molecule has 0 aromatic heterocycles. The second-order valence-electron chi connectivity index (χ2n) is 29.6. The fourth-order valence-electron chi connectivity index (χ4n) is 12.5. The van der Waals surface area contributed by atoms with Crippen molar-refractivity contribution in [3.05, 3.63) is 0 Å². The van der Waals surface area contributed by atoms with Crippen LogP contribution in [0, 0.1) is 11.8 Å². The molecule has 17 nitrogen and oxygen atoms in total. The van der Waals surface area contributed by atoms with Crippen LogP contribution in [0.2, 0.25) is 0 Å². The summed E-state index contributed by atoms with van der Waals surface area (Å²) in [4.78, 5) is 72.9. The molecular formula is C81H158O17P2. The molecule has 0 aromatic carbocycles. The normalized spacial score (nSPS) is 14.4. The lowest BCUT2D eigenvalue weighted by atomic mass is 9.99. The Morgan fingerprint density at radius 2 is 0.480 bits per heavy atom. The van der Waals surface area contributed by atoms with Gasteiger partial charge in [0, 0.05) is 25.7 Å². The van der Waals surface area contributed by atoms with E-state index in [2.05, 4.69) is 41.5 Å². The predicted molar refractivity (Wildman–Crippen MR) is 409 cm³/mol. The van der Waals surface area contributed by atoms with Crippen molar-refractivity contribution < 1.29 is 80.2 Å². The molecular weight excluding hydrogens is 1310 g/mol. The molecule has 0 spiro atoms. The number of unbranched alkanes of at least 4 members (excludes halogenated alkanes) is 48. The Labute approximate surface area is 613 Å². The monoisotopic (exact) mass is 1470 g/mol. The number of aliphatic hydroxyl groups excluding tert-OH is 1. The summed E-state index contributed by atoms with van der Waals surface area (Å²) < 4.78 is 68.6. The number of esters is 4. The van der Waals surface area contributed by atoms with Crippen LogP contribution in [0.15, 0.2) is 0 Å². The van der Waals surface area contributed by atoms with Crippen LogP contribution < -0.4 is 0 Å². The zero-order valence-electron chi connectivity index (χ0n) is 65.5. The summed E-state index contributed by atoms with van der Waals surface area (Å²) in [6.07, 6.45) is 62.6. The van der Waals surface area contributed by atoms with Gasteiger partial charge in [0.05, 0.1) is 26.4 Å². The summed E-state index contributed by atoms with van der Waals surface area (Å²) >= 11 is 0. The van der Waals surface area contributed by atoms with Crippen molar-refractivity contribution in [3.63, 3.8) is 0 Å². The van der Waals surface area contributed by atoms with Crippen LogP contribution in [0.25, 0.3) is 0 Å². The number of phosphoric acid groups is 2. The number of rotatable bonds is 80. The van der Waals surface area contributed by atoms with Crippen LogP contribution in [0.3, 0.4) is 0 Å². The molecule has 594 valence electrons.